The number of nitrogens with zero attached hydrogens (tertiary/aromatic N) is 1. The van der Waals surface area contributed by atoms with Crippen LogP contribution in [0, 0.1) is 6.92 Å². The molecule has 1 atom stereocenters. The largest absolute Gasteiger partial charge is 0.479 e. The molecule has 0 bridgehead atoms. The number of cyclic esters (lactones) is 1. The van der Waals surface area contributed by atoms with E-state index in [1.54, 1.807) is 0 Å². The van der Waals surface area contributed by atoms with Crippen LogP contribution in [-0.4, -0.2) is 29.8 Å². The second kappa shape index (κ2) is 5.30. The lowest BCUT2D eigenvalue weighted by Gasteiger charge is -2.32. The predicted octanol–water partition coefficient (Wildman–Crippen LogP) is 2.36. The molecule has 2 rings (SSSR count). The summed E-state index contributed by atoms with van der Waals surface area (Å²) in [6.07, 6.45) is -0.498. The minimum atomic E-state index is -1.09. The third-order valence-corrected chi connectivity index (χ3v) is 3.33. The number of aliphatic carboxylic acids is 1. The highest BCUT2D eigenvalue weighted by Gasteiger charge is 2.33. The molecule has 5 heteroatoms. The summed E-state index contributed by atoms with van der Waals surface area (Å²) in [6, 6.07) is 5.86. The Morgan fingerprint density at radius 3 is 2.84 bits per heavy atom. The Morgan fingerprint density at radius 1 is 1.53 bits per heavy atom. The molecule has 1 aliphatic rings. The maximum absolute atomic E-state index is 12.0. The number of carboxylic acids is 1. The van der Waals surface area contributed by atoms with Gasteiger partial charge in [-0.2, -0.15) is 0 Å². The molecule has 1 N–H and O–H groups in total. The van der Waals surface area contributed by atoms with Gasteiger partial charge in [-0.05, 0) is 24.5 Å². The zero-order valence-electron chi connectivity index (χ0n) is 11.0. The molecule has 1 aromatic carbocycles. The first-order chi connectivity index (χ1) is 9.04. The van der Waals surface area contributed by atoms with Gasteiger partial charge in [0.1, 0.15) is 0 Å². The van der Waals surface area contributed by atoms with Gasteiger partial charge >= 0.3 is 12.1 Å². The number of amides is 1. The maximum Gasteiger partial charge on any atom is 0.415 e. The third kappa shape index (κ3) is 2.54. The number of rotatable bonds is 3. The van der Waals surface area contributed by atoms with Crippen LogP contribution in [-0.2, 0) is 16.0 Å². The van der Waals surface area contributed by atoms with Crippen LogP contribution in [0.15, 0.2) is 18.2 Å². The Balaban J connectivity index is 2.29. The van der Waals surface area contributed by atoms with E-state index in [0.29, 0.717) is 13.0 Å². The minimum Gasteiger partial charge on any atom is -0.479 e. The molecule has 1 unspecified atom stereocenters. The molecule has 1 aliphatic heterocycles. The number of ether oxygens (including phenoxy) is 1. The van der Waals surface area contributed by atoms with Crippen molar-refractivity contribution in [3.63, 3.8) is 0 Å². The normalized spacial score (nSPS) is 19.2. The smallest absolute Gasteiger partial charge is 0.415 e. The molecule has 5 nitrogen and oxygen atoms in total. The van der Waals surface area contributed by atoms with E-state index in [0.717, 1.165) is 23.2 Å². The molecule has 19 heavy (non-hydrogen) atoms. The number of anilines is 1. The Kier molecular flexibility index (Phi) is 3.74. The Bertz CT molecular complexity index is 512. The van der Waals surface area contributed by atoms with Crippen molar-refractivity contribution >= 4 is 17.7 Å². The van der Waals surface area contributed by atoms with E-state index in [2.05, 4.69) is 0 Å². The van der Waals surface area contributed by atoms with Crippen molar-refractivity contribution in [3.8, 4) is 0 Å². The molecule has 0 aromatic heterocycles. The van der Waals surface area contributed by atoms with Gasteiger partial charge in [0.25, 0.3) is 0 Å². The Morgan fingerprint density at radius 2 is 2.26 bits per heavy atom. The Hall–Kier alpha value is -2.04. The molecule has 1 amide bonds. The number of aryl methyl sites for hydroxylation is 2. The highest BCUT2D eigenvalue weighted by Crippen LogP contribution is 2.29. The van der Waals surface area contributed by atoms with Gasteiger partial charge in [0.05, 0.1) is 5.69 Å². The number of hydrogen-bond donors (Lipinski definition) is 1. The maximum atomic E-state index is 12.0. The SMILES string of the molecule is CCc1cccc(C)c1N1CCC(C(=O)O)OC1=O. The molecule has 1 heterocycles. The second-order valence-electron chi connectivity index (χ2n) is 4.59. The monoisotopic (exact) mass is 263 g/mol. The van der Waals surface area contributed by atoms with Crippen LogP contribution in [0.3, 0.4) is 0 Å². The van der Waals surface area contributed by atoms with Crippen molar-refractivity contribution in [2.24, 2.45) is 0 Å². The minimum absolute atomic E-state index is 0.304. The molecule has 0 aliphatic carbocycles. The number of carbonyl (C=O) groups is 2. The quantitative estimate of drug-likeness (QED) is 0.909. The number of carbonyl (C=O) groups excluding carboxylic acids is 1. The standard InChI is InChI=1S/C14H17NO4/c1-3-10-6-4-5-9(2)12(10)15-8-7-11(13(16)17)19-14(15)18/h4-6,11H,3,7-8H2,1-2H3,(H,16,17). The van der Waals surface area contributed by atoms with Gasteiger partial charge in [-0.25, -0.2) is 9.59 Å². The third-order valence-electron chi connectivity index (χ3n) is 3.33. The van der Waals surface area contributed by atoms with E-state index in [1.807, 2.05) is 32.0 Å². The van der Waals surface area contributed by atoms with Gasteiger partial charge in [0.2, 0.25) is 6.10 Å². The van der Waals surface area contributed by atoms with Crippen molar-refractivity contribution in [2.45, 2.75) is 32.8 Å². The first kappa shape index (κ1) is 13.4. The van der Waals surface area contributed by atoms with Gasteiger partial charge < -0.3 is 9.84 Å². The molecule has 0 saturated carbocycles. The average molecular weight is 263 g/mol. The molecule has 0 spiro atoms. The fraction of sp³-hybridized carbons (Fsp3) is 0.429. The lowest BCUT2D eigenvalue weighted by Crippen LogP contribution is -2.45. The number of carboxylic acid groups (broad SMARTS) is 1. The Labute approximate surface area is 111 Å². The summed E-state index contributed by atoms with van der Waals surface area (Å²) in [7, 11) is 0. The number of para-hydroxylation sites is 1. The van der Waals surface area contributed by atoms with Crippen LogP contribution >= 0.6 is 0 Å². The average Bonchev–Trinajstić information content (AvgIpc) is 2.38. The van der Waals surface area contributed by atoms with Gasteiger partial charge in [-0.15, -0.1) is 0 Å². The fourth-order valence-corrected chi connectivity index (χ4v) is 2.35. The molecule has 1 fully saturated rings. The van der Waals surface area contributed by atoms with Crippen LogP contribution < -0.4 is 4.90 Å². The summed E-state index contributed by atoms with van der Waals surface area (Å²) in [5.41, 5.74) is 2.90. The van der Waals surface area contributed by atoms with Crippen molar-refractivity contribution in [2.75, 3.05) is 11.4 Å². The van der Waals surface area contributed by atoms with E-state index >= 15 is 0 Å². The van der Waals surface area contributed by atoms with Crippen LogP contribution in [0.2, 0.25) is 0 Å². The van der Waals surface area contributed by atoms with Crippen molar-refractivity contribution in [1.29, 1.82) is 0 Å². The van der Waals surface area contributed by atoms with Crippen molar-refractivity contribution in [3.05, 3.63) is 29.3 Å². The first-order valence-corrected chi connectivity index (χ1v) is 6.34. The van der Waals surface area contributed by atoms with Crippen LogP contribution in [0.4, 0.5) is 10.5 Å². The second-order valence-corrected chi connectivity index (χ2v) is 4.59. The summed E-state index contributed by atoms with van der Waals surface area (Å²) >= 11 is 0. The first-order valence-electron chi connectivity index (χ1n) is 6.34. The number of benzene rings is 1. The zero-order chi connectivity index (χ0) is 14.0. The molecular formula is C14H17NO4. The summed E-state index contributed by atoms with van der Waals surface area (Å²) in [5.74, 6) is -1.09. The van der Waals surface area contributed by atoms with Crippen LogP contribution in [0.1, 0.15) is 24.5 Å². The summed E-state index contributed by atoms with van der Waals surface area (Å²) in [5, 5.41) is 8.87. The topological polar surface area (TPSA) is 66.8 Å². The molecule has 1 aromatic rings. The van der Waals surface area contributed by atoms with Crippen LogP contribution in [0.25, 0.3) is 0 Å². The summed E-state index contributed by atoms with van der Waals surface area (Å²) < 4.78 is 4.96. The fourth-order valence-electron chi connectivity index (χ4n) is 2.35. The molecule has 102 valence electrons. The molecular weight excluding hydrogens is 246 g/mol. The van der Waals surface area contributed by atoms with Crippen molar-refractivity contribution in [1.82, 2.24) is 0 Å². The van der Waals surface area contributed by atoms with Gasteiger partial charge in [-0.1, -0.05) is 25.1 Å². The van der Waals surface area contributed by atoms with E-state index in [9.17, 15) is 9.59 Å². The molecule has 1 saturated heterocycles. The summed E-state index contributed by atoms with van der Waals surface area (Å²) in [4.78, 5) is 24.3. The molecule has 0 radical (unpaired) electrons. The van der Waals surface area contributed by atoms with E-state index < -0.39 is 18.2 Å². The van der Waals surface area contributed by atoms with Crippen LogP contribution in [0.5, 0.6) is 0 Å². The van der Waals surface area contributed by atoms with E-state index in [1.165, 1.54) is 4.90 Å². The lowest BCUT2D eigenvalue weighted by molar-refractivity contribution is -0.147. The van der Waals surface area contributed by atoms with Gasteiger partial charge in [-0.3, -0.25) is 4.90 Å². The van der Waals surface area contributed by atoms with E-state index in [4.69, 9.17) is 9.84 Å². The zero-order valence-corrected chi connectivity index (χ0v) is 11.0. The van der Waals surface area contributed by atoms with Crippen molar-refractivity contribution < 1.29 is 19.4 Å². The van der Waals surface area contributed by atoms with Gasteiger partial charge in [0.15, 0.2) is 0 Å². The lowest BCUT2D eigenvalue weighted by atomic mass is 10.0. The van der Waals surface area contributed by atoms with Gasteiger partial charge in [0, 0.05) is 13.0 Å². The highest BCUT2D eigenvalue weighted by atomic mass is 16.6. The highest BCUT2D eigenvalue weighted by molar-refractivity contribution is 5.92. The number of hydrogen-bond acceptors (Lipinski definition) is 3. The van der Waals surface area contributed by atoms with E-state index in [-0.39, 0.29) is 0 Å². The summed E-state index contributed by atoms with van der Waals surface area (Å²) in [6.45, 7) is 4.33. The predicted molar refractivity (Wildman–Crippen MR) is 70.4 cm³/mol.